The Kier molecular flexibility index (Phi) is 6.59. The van der Waals surface area contributed by atoms with Crippen molar-refractivity contribution in [3.8, 4) is 0 Å². The fourth-order valence-corrected chi connectivity index (χ4v) is 3.25. The molecule has 1 aliphatic heterocycles. The van der Waals surface area contributed by atoms with E-state index in [-0.39, 0.29) is 24.3 Å². The molecule has 0 radical (unpaired) electrons. The van der Waals surface area contributed by atoms with Gasteiger partial charge in [-0.05, 0) is 30.5 Å². The van der Waals surface area contributed by atoms with Crippen molar-refractivity contribution in [3.05, 3.63) is 47.0 Å². The highest BCUT2D eigenvalue weighted by Crippen LogP contribution is 2.41. The van der Waals surface area contributed by atoms with Crippen LogP contribution in [0.15, 0.2) is 35.6 Å². The van der Waals surface area contributed by atoms with Crippen LogP contribution in [0.5, 0.6) is 0 Å². The van der Waals surface area contributed by atoms with E-state index in [1.54, 1.807) is 20.8 Å². The minimum absolute atomic E-state index is 0.0228. The first-order valence-electron chi connectivity index (χ1n) is 9.30. The molecular formula is C21H26FNO5. The summed E-state index contributed by atoms with van der Waals surface area (Å²) in [5.41, 5.74) is -0.245. The molecule has 1 aromatic carbocycles. The third-order valence-corrected chi connectivity index (χ3v) is 4.70. The van der Waals surface area contributed by atoms with Crippen LogP contribution in [0.2, 0.25) is 0 Å². The highest BCUT2D eigenvalue weighted by molar-refractivity contribution is 6.10. The molecule has 0 saturated heterocycles. The number of carbonyl (C=O) groups is 3. The molecule has 6 nitrogen and oxygen atoms in total. The molecule has 1 aliphatic rings. The van der Waals surface area contributed by atoms with Crippen LogP contribution in [-0.2, 0) is 14.4 Å². The molecule has 1 heterocycles. The molecule has 0 fully saturated rings. The second-order valence-electron chi connectivity index (χ2n) is 8.00. The van der Waals surface area contributed by atoms with E-state index in [0.29, 0.717) is 24.8 Å². The third kappa shape index (κ3) is 4.77. The first-order chi connectivity index (χ1) is 13.0. The lowest BCUT2D eigenvalue weighted by atomic mass is 9.82. The van der Waals surface area contributed by atoms with Crippen LogP contribution in [-0.4, -0.2) is 39.3 Å². The van der Waals surface area contributed by atoms with E-state index in [1.165, 1.54) is 29.2 Å². The van der Waals surface area contributed by atoms with Gasteiger partial charge in [-0.3, -0.25) is 14.4 Å². The molecule has 0 aromatic heterocycles. The number of aliphatic carboxylic acids is 1. The van der Waals surface area contributed by atoms with Gasteiger partial charge in [-0.15, -0.1) is 0 Å². The van der Waals surface area contributed by atoms with E-state index in [2.05, 4.69) is 0 Å². The molecule has 1 amide bonds. The molecule has 1 atom stereocenters. The number of carbonyl (C=O) groups excluding carboxylic acids is 2. The number of aliphatic hydroxyl groups excluding tert-OH is 1. The standard InChI is InChI=1S/C21H26FNO5/c1-21(2,3)19(27)16-17(13-8-10-14(22)11-9-13)23(20(28)18(16)26)12-6-4-5-7-15(24)25/h8-11,17,26H,4-7,12H2,1-3H3,(H,24,25)/t17-/m1/s1. The third-order valence-electron chi connectivity index (χ3n) is 4.70. The number of hydrogen-bond donors (Lipinski definition) is 2. The van der Waals surface area contributed by atoms with Gasteiger partial charge in [0.15, 0.2) is 11.5 Å². The number of ketones is 1. The first kappa shape index (κ1) is 21.6. The lowest BCUT2D eigenvalue weighted by Gasteiger charge is -2.29. The normalized spacial score (nSPS) is 17.4. The smallest absolute Gasteiger partial charge is 0.303 e. The lowest BCUT2D eigenvalue weighted by Crippen LogP contribution is -2.33. The summed E-state index contributed by atoms with van der Waals surface area (Å²) >= 11 is 0. The van der Waals surface area contributed by atoms with E-state index in [9.17, 15) is 23.9 Å². The number of amides is 1. The predicted molar refractivity (Wildman–Crippen MR) is 101 cm³/mol. The van der Waals surface area contributed by atoms with Crippen molar-refractivity contribution in [1.82, 2.24) is 4.90 Å². The maximum atomic E-state index is 13.4. The molecule has 2 rings (SSSR count). The Morgan fingerprint density at radius 2 is 1.71 bits per heavy atom. The van der Waals surface area contributed by atoms with Crippen molar-refractivity contribution in [3.63, 3.8) is 0 Å². The van der Waals surface area contributed by atoms with Gasteiger partial charge >= 0.3 is 5.97 Å². The van der Waals surface area contributed by atoms with Crippen LogP contribution >= 0.6 is 0 Å². The summed E-state index contributed by atoms with van der Waals surface area (Å²) in [6.45, 7) is 5.37. The van der Waals surface area contributed by atoms with Crippen LogP contribution in [0.3, 0.4) is 0 Å². The van der Waals surface area contributed by atoms with Crippen LogP contribution < -0.4 is 0 Å². The Labute approximate surface area is 163 Å². The average molecular weight is 391 g/mol. The number of hydrogen-bond acceptors (Lipinski definition) is 4. The number of halogens is 1. The molecular weight excluding hydrogens is 365 g/mol. The second-order valence-corrected chi connectivity index (χ2v) is 8.00. The van der Waals surface area contributed by atoms with Crippen LogP contribution in [0.4, 0.5) is 4.39 Å². The lowest BCUT2D eigenvalue weighted by molar-refractivity contribution is -0.137. The molecule has 152 valence electrons. The number of Topliss-reactive ketones (excluding diaryl/α,β-unsaturated/α-hetero) is 1. The largest absolute Gasteiger partial charge is 0.503 e. The van der Waals surface area contributed by atoms with Crippen molar-refractivity contribution >= 4 is 17.7 Å². The van der Waals surface area contributed by atoms with Gasteiger partial charge in [-0.25, -0.2) is 4.39 Å². The highest BCUT2D eigenvalue weighted by atomic mass is 19.1. The number of nitrogens with zero attached hydrogens (tertiary/aromatic N) is 1. The summed E-state index contributed by atoms with van der Waals surface area (Å²) in [6.07, 6.45) is 1.65. The van der Waals surface area contributed by atoms with Crippen molar-refractivity contribution < 1.29 is 29.0 Å². The van der Waals surface area contributed by atoms with E-state index in [1.807, 2.05) is 0 Å². The van der Waals surface area contributed by atoms with Crippen molar-refractivity contribution in [2.24, 2.45) is 5.41 Å². The van der Waals surface area contributed by atoms with E-state index in [4.69, 9.17) is 5.11 Å². The van der Waals surface area contributed by atoms with Gasteiger partial charge in [0.05, 0.1) is 11.6 Å². The molecule has 0 spiro atoms. The SMILES string of the molecule is CC(C)(C)C(=O)C1=C(O)C(=O)N(CCCCCC(=O)O)[C@@H]1c1ccc(F)cc1. The van der Waals surface area contributed by atoms with Gasteiger partial charge < -0.3 is 15.1 Å². The van der Waals surface area contributed by atoms with Crippen LogP contribution in [0.1, 0.15) is 58.1 Å². The number of carboxylic acid groups (broad SMARTS) is 1. The average Bonchev–Trinajstić information content (AvgIpc) is 2.85. The molecule has 7 heteroatoms. The second kappa shape index (κ2) is 8.54. The Hall–Kier alpha value is -2.70. The number of carboxylic acids is 1. The summed E-state index contributed by atoms with van der Waals surface area (Å²) in [4.78, 5) is 37.6. The predicted octanol–water partition coefficient (Wildman–Crippen LogP) is 3.78. The number of rotatable bonds is 8. The maximum absolute atomic E-state index is 13.4. The van der Waals surface area contributed by atoms with Crippen molar-refractivity contribution in [2.45, 2.75) is 52.5 Å². The summed E-state index contributed by atoms with van der Waals surface area (Å²) in [5.74, 6) is -2.87. The fraction of sp³-hybridized carbons (Fsp3) is 0.476. The maximum Gasteiger partial charge on any atom is 0.303 e. The molecule has 2 N–H and O–H groups in total. The number of benzene rings is 1. The Balaban J connectivity index is 2.31. The van der Waals surface area contributed by atoms with Gasteiger partial charge in [0, 0.05) is 18.4 Å². The molecule has 0 unspecified atom stereocenters. The Morgan fingerprint density at radius 1 is 1.11 bits per heavy atom. The van der Waals surface area contributed by atoms with Gasteiger partial charge in [0.25, 0.3) is 5.91 Å². The van der Waals surface area contributed by atoms with E-state index in [0.717, 1.165) is 0 Å². The monoisotopic (exact) mass is 391 g/mol. The Bertz CT molecular complexity index is 792. The molecule has 0 bridgehead atoms. The Morgan fingerprint density at radius 3 is 2.25 bits per heavy atom. The minimum Gasteiger partial charge on any atom is -0.503 e. The topological polar surface area (TPSA) is 94.9 Å². The number of unbranched alkanes of at least 4 members (excludes halogenated alkanes) is 2. The summed E-state index contributed by atoms with van der Waals surface area (Å²) in [5, 5.41) is 19.2. The van der Waals surface area contributed by atoms with Gasteiger partial charge in [0.1, 0.15) is 5.82 Å². The van der Waals surface area contributed by atoms with Gasteiger partial charge in [-0.2, -0.15) is 0 Å². The zero-order valence-corrected chi connectivity index (χ0v) is 16.4. The van der Waals surface area contributed by atoms with E-state index < -0.39 is 34.9 Å². The van der Waals surface area contributed by atoms with Crippen molar-refractivity contribution in [2.75, 3.05) is 6.54 Å². The zero-order chi connectivity index (χ0) is 21.1. The fourth-order valence-electron chi connectivity index (χ4n) is 3.25. The highest BCUT2D eigenvalue weighted by Gasteiger charge is 2.45. The molecule has 0 saturated carbocycles. The van der Waals surface area contributed by atoms with Crippen LogP contribution in [0.25, 0.3) is 0 Å². The summed E-state index contributed by atoms with van der Waals surface area (Å²) in [7, 11) is 0. The van der Waals surface area contributed by atoms with Crippen LogP contribution in [0, 0.1) is 11.2 Å². The van der Waals surface area contributed by atoms with Crippen molar-refractivity contribution in [1.29, 1.82) is 0 Å². The first-order valence-corrected chi connectivity index (χ1v) is 9.30. The zero-order valence-electron chi connectivity index (χ0n) is 16.4. The summed E-state index contributed by atoms with van der Waals surface area (Å²) < 4.78 is 13.4. The van der Waals surface area contributed by atoms with Gasteiger partial charge in [0.2, 0.25) is 0 Å². The minimum atomic E-state index is -0.876. The van der Waals surface area contributed by atoms with E-state index >= 15 is 0 Å². The van der Waals surface area contributed by atoms with Gasteiger partial charge in [-0.1, -0.05) is 39.3 Å². The quantitative estimate of drug-likeness (QED) is 0.658. The molecule has 0 aliphatic carbocycles. The number of aliphatic hydroxyl groups is 1. The molecule has 28 heavy (non-hydrogen) atoms. The molecule has 1 aromatic rings. The summed E-state index contributed by atoms with van der Waals surface area (Å²) in [6, 6.07) is 4.71.